The van der Waals surface area contributed by atoms with Crippen molar-refractivity contribution in [3.63, 3.8) is 0 Å². The SMILES string of the molecule is Cc1nnc(SCC(=O)Nc2ccc(C(=O)OC(C)C)cc2)n1C1CCCCC1. The van der Waals surface area contributed by atoms with Gasteiger partial charge in [0.15, 0.2) is 5.16 Å². The number of thioether (sulfide) groups is 1. The van der Waals surface area contributed by atoms with Crippen molar-refractivity contribution in [3.05, 3.63) is 35.7 Å². The molecule has 156 valence electrons. The minimum atomic E-state index is -0.370. The summed E-state index contributed by atoms with van der Waals surface area (Å²) in [7, 11) is 0. The number of nitrogens with zero attached hydrogens (tertiary/aromatic N) is 3. The number of amides is 1. The van der Waals surface area contributed by atoms with Crippen LogP contribution in [-0.2, 0) is 9.53 Å². The second kappa shape index (κ2) is 9.91. The molecule has 1 aromatic heterocycles. The third-order valence-electron chi connectivity index (χ3n) is 4.85. The third kappa shape index (κ3) is 5.82. The van der Waals surface area contributed by atoms with Crippen LogP contribution in [0.1, 0.15) is 68.2 Å². The van der Waals surface area contributed by atoms with Crippen LogP contribution in [0.4, 0.5) is 5.69 Å². The predicted molar refractivity (Wildman–Crippen MR) is 113 cm³/mol. The minimum Gasteiger partial charge on any atom is -0.459 e. The van der Waals surface area contributed by atoms with E-state index < -0.39 is 0 Å². The number of anilines is 1. The molecule has 7 nitrogen and oxygen atoms in total. The Morgan fingerprint density at radius 3 is 2.52 bits per heavy atom. The summed E-state index contributed by atoms with van der Waals surface area (Å²) < 4.78 is 7.35. The first kappa shape index (κ1) is 21.4. The van der Waals surface area contributed by atoms with Crippen molar-refractivity contribution < 1.29 is 14.3 Å². The Hall–Kier alpha value is -2.35. The van der Waals surface area contributed by atoms with Crippen LogP contribution in [0, 0.1) is 6.92 Å². The molecule has 1 aromatic carbocycles. The van der Waals surface area contributed by atoms with E-state index in [2.05, 4.69) is 20.1 Å². The summed E-state index contributed by atoms with van der Waals surface area (Å²) >= 11 is 1.41. The number of benzene rings is 1. The molecule has 1 saturated carbocycles. The van der Waals surface area contributed by atoms with Crippen LogP contribution in [0.15, 0.2) is 29.4 Å². The molecule has 0 atom stereocenters. The monoisotopic (exact) mass is 416 g/mol. The highest BCUT2D eigenvalue weighted by atomic mass is 32.2. The van der Waals surface area contributed by atoms with E-state index in [1.165, 1.54) is 31.0 Å². The van der Waals surface area contributed by atoms with Gasteiger partial charge in [-0.1, -0.05) is 31.0 Å². The van der Waals surface area contributed by atoms with Gasteiger partial charge in [-0.05, 0) is 57.9 Å². The average Bonchev–Trinajstić information content (AvgIpc) is 3.07. The lowest BCUT2D eigenvalue weighted by Crippen LogP contribution is -2.17. The van der Waals surface area contributed by atoms with Gasteiger partial charge in [0, 0.05) is 11.7 Å². The Morgan fingerprint density at radius 1 is 1.17 bits per heavy atom. The molecule has 29 heavy (non-hydrogen) atoms. The Bertz CT molecular complexity index is 842. The van der Waals surface area contributed by atoms with Crippen molar-refractivity contribution >= 4 is 29.3 Å². The molecule has 0 radical (unpaired) electrons. The zero-order valence-corrected chi connectivity index (χ0v) is 18.0. The molecule has 1 fully saturated rings. The molecule has 0 saturated heterocycles. The number of hydrogen-bond acceptors (Lipinski definition) is 6. The maximum atomic E-state index is 12.4. The maximum Gasteiger partial charge on any atom is 0.338 e. The van der Waals surface area contributed by atoms with Crippen molar-refractivity contribution in [3.8, 4) is 0 Å². The van der Waals surface area contributed by atoms with E-state index in [1.54, 1.807) is 38.1 Å². The van der Waals surface area contributed by atoms with Crippen LogP contribution >= 0.6 is 11.8 Å². The molecule has 1 aliphatic rings. The molecule has 1 N–H and O–H groups in total. The lowest BCUT2D eigenvalue weighted by atomic mass is 9.95. The summed E-state index contributed by atoms with van der Waals surface area (Å²) in [6, 6.07) is 7.14. The van der Waals surface area contributed by atoms with Crippen LogP contribution in [0.3, 0.4) is 0 Å². The molecule has 1 aliphatic carbocycles. The average molecular weight is 417 g/mol. The zero-order valence-electron chi connectivity index (χ0n) is 17.2. The number of carbonyl (C=O) groups is 2. The third-order valence-corrected chi connectivity index (χ3v) is 5.80. The summed E-state index contributed by atoms with van der Waals surface area (Å²) in [6.45, 7) is 5.58. The second-order valence-corrected chi connectivity index (χ2v) is 8.50. The second-order valence-electron chi connectivity index (χ2n) is 7.56. The predicted octanol–water partition coefficient (Wildman–Crippen LogP) is 4.39. The highest BCUT2D eigenvalue weighted by molar-refractivity contribution is 7.99. The van der Waals surface area contributed by atoms with E-state index in [-0.39, 0.29) is 23.7 Å². The van der Waals surface area contributed by atoms with E-state index in [9.17, 15) is 9.59 Å². The molecule has 8 heteroatoms. The Morgan fingerprint density at radius 2 is 1.86 bits per heavy atom. The van der Waals surface area contributed by atoms with Gasteiger partial charge in [0.05, 0.1) is 17.4 Å². The van der Waals surface area contributed by atoms with E-state index in [0.717, 1.165) is 23.8 Å². The van der Waals surface area contributed by atoms with Gasteiger partial charge < -0.3 is 14.6 Å². The van der Waals surface area contributed by atoms with Gasteiger partial charge in [-0.25, -0.2) is 4.79 Å². The van der Waals surface area contributed by atoms with Gasteiger partial charge in [0.2, 0.25) is 5.91 Å². The highest BCUT2D eigenvalue weighted by Crippen LogP contribution is 2.32. The molecule has 2 aromatic rings. The first-order valence-corrected chi connectivity index (χ1v) is 11.1. The fourth-order valence-electron chi connectivity index (χ4n) is 3.51. The summed E-state index contributed by atoms with van der Waals surface area (Å²) in [5, 5.41) is 12.1. The van der Waals surface area contributed by atoms with Gasteiger partial charge in [-0.2, -0.15) is 0 Å². The number of nitrogens with one attached hydrogen (secondary N) is 1. The molecule has 0 aliphatic heterocycles. The quantitative estimate of drug-likeness (QED) is 0.532. The van der Waals surface area contributed by atoms with E-state index in [4.69, 9.17) is 4.74 Å². The summed E-state index contributed by atoms with van der Waals surface area (Å²) in [5.74, 6) is 0.667. The first-order valence-electron chi connectivity index (χ1n) is 10.1. The lowest BCUT2D eigenvalue weighted by Gasteiger charge is -2.24. The topological polar surface area (TPSA) is 86.1 Å². The number of aromatic nitrogens is 3. The molecule has 1 heterocycles. The van der Waals surface area contributed by atoms with Gasteiger partial charge >= 0.3 is 5.97 Å². The molecule has 0 spiro atoms. The van der Waals surface area contributed by atoms with Crippen molar-refractivity contribution in [2.75, 3.05) is 11.1 Å². The first-order chi connectivity index (χ1) is 13.9. The summed E-state index contributed by atoms with van der Waals surface area (Å²) in [4.78, 5) is 24.2. The molecular formula is C21H28N4O3S. The van der Waals surface area contributed by atoms with E-state index >= 15 is 0 Å². The fraction of sp³-hybridized carbons (Fsp3) is 0.524. The zero-order chi connectivity index (χ0) is 20.8. The van der Waals surface area contributed by atoms with Gasteiger partial charge in [0.25, 0.3) is 0 Å². The minimum absolute atomic E-state index is 0.122. The Balaban J connectivity index is 1.55. The standard InChI is InChI=1S/C21H28N4O3S/c1-14(2)28-20(27)16-9-11-17(12-10-16)22-19(26)13-29-21-24-23-15(3)25(21)18-7-5-4-6-8-18/h9-12,14,18H,4-8,13H2,1-3H3,(H,22,26). The molecule has 0 unspecified atom stereocenters. The maximum absolute atomic E-state index is 12.4. The molecule has 0 bridgehead atoms. The molecule has 3 rings (SSSR count). The lowest BCUT2D eigenvalue weighted by molar-refractivity contribution is -0.113. The van der Waals surface area contributed by atoms with Crippen molar-refractivity contribution in [2.45, 2.75) is 70.2 Å². The van der Waals surface area contributed by atoms with Gasteiger partial charge in [-0.15, -0.1) is 10.2 Å². The summed E-state index contributed by atoms with van der Waals surface area (Å²) in [5.41, 5.74) is 1.10. The molecule has 1 amide bonds. The number of carbonyl (C=O) groups excluding carboxylic acids is 2. The van der Waals surface area contributed by atoms with Crippen LogP contribution in [0.5, 0.6) is 0 Å². The smallest absolute Gasteiger partial charge is 0.338 e. The van der Waals surface area contributed by atoms with Crippen LogP contribution < -0.4 is 5.32 Å². The van der Waals surface area contributed by atoms with Crippen molar-refractivity contribution in [2.24, 2.45) is 0 Å². The van der Waals surface area contributed by atoms with Crippen LogP contribution in [0.25, 0.3) is 0 Å². The van der Waals surface area contributed by atoms with Gasteiger partial charge in [-0.3, -0.25) is 4.79 Å². The van der Waals surface area contributed by atoms with Gasteiger partial charge in [0.1, 0.15) is 5.82 Å². The molecular weight excluding hydrogens is 388 g/mol. The highest BCUT2D eigenvalue weighted by Gasteiger charge is 2.21. The normalized spacial score (nSPS) is 14.8. The number of ether oxygens (including phenoxy) is 1. The number of esters is 1. The van der Waals surface area contributed by atoms with Crippen LogP contribution in [0.2, 0.25) is 0 Å². The Kier molecular flexibility index (Phi) is 7.30. The van der Waals surface area contributed by atoms with Crippen LogP contribution in [-0.4, -0.2) is 38.5 Å². The number of hydrogen-bond donors (Lipinski definition) is 1. The number of rotatable bonds is 7. The fourth-order valence-corrected chi connectivity index (χ4v) is 4.36. The van der Waals surface area contributed by atoms with Crippen molar-refractivity contribution in [1.82, 2.24) is 14.8 Å². The van der Waals surface area contributed by atoms with Crippen molar-refractivity contribution in [1.29, 1.82) is 0 Å². The number of aryl methyl sites for hydroxylation is 1. The summed E-state index contributed by atoms with van der Waals surface area (Å²) in [6.07, 6.45) is 5.87. The Labute approximate surface area is 175 Å². The largest absolute Gasteiger partial charge is 0.459 e. The van der Waals surface area contributed by atoms with E-state index in [1.807, 2.05) is 6.92 Å². The van der Waals surface area contributed by atoms with E-state index in [0.29, 0.717) is 17.3 Å².